The van der Waals surface area contributed by atoms with Gasteiger partial charge in [-0.15, -0.1) is 0 Å². The highest BCUT2D eigenvalue weighted by molar-refractivity contribution is 6.36. The summed E-state index contributed by atoms with van der Waals surface area (Å²) in [5.41, 5.74) is 8.60. The van der Waals surface area contributed by atoms with Crippen molar-refractivity contribution in [3.05, 3.63) is 69.8 Å². The van der Waals surface area contributed by atoms with Gasteiger partial charge in [0.2, 0.25) is 0 Å². The van der Waals surface area contributed by atoms with Crippen LogP contribution in [0.2, 0.25) is 10.0 Å². The molecule has 1 aliphatic carbocycles. The Morgan fingerprint density at radius 2 is 1.82 bits per heavy atom. The van der Waals surface area contributed by atoms with E-state index in [4.69, 9.17) is 33.7 Å². The number of esters is 1. The number of nitrogens with one attached hydrogen (secondary N) is 2. The van der Waals surface area contributed by atoms with Crippen LogP contribution in [0, 0.1) is 0 Å². The summed E-state index contributed by atoms with van der Waals surface area (Å²) >= 11 is 12.5. The second kappa shape index (κ2) is 12.2. The molecule has 4 N–H and O–H groups in total. The molecule has 5 rings (SSSR count). The number of nitrogen functional groups attached to an aromatic ring is 1. The van der Waals surface area contributed by atoms with Crippen LogP contribution < -0.4 is 16.4 Å². The molecular formula is C28H30Cl2N6O3. The summed E-state index contributed by atoms with van der Waals surface area (Å²) in [4.78, 5) is 36.8. The Hall–Kier alpha value is -3.40. The average molecular weight is 569 g/mol. The lowest BCUT2D eigenvalue weighted by Crippen LogP contribution is -2.57. The fourth-order valence-corrected chi connectivity index (χ4v) is 5.43. The number of nitrogens with two attached hydrogens (primary N) is 1. The molecule has 2 heterocycles. The Labute approximate surface area is 237 Å². The number of aromatic nitrogens is 2. The van der Waals surface area contributed by atoms with Gasteiger partial charge in [-0.05, 0) is 49.9 Å². The first-order valence-corrected chi connectivity index (χ1v) is 13.8. The fourth-order valence-electron chi connectivity index (χ4n) is 4.90. The maximum absolute atomic E-state index is 13.4. The summed E-state index contributed by atoms with van der Waals surface area (Å²) in [7, 11) is 0. The second-order valence-electron chi connectivity index (χ2n) is 9.68. The summed E-state index contributed by atoms with van der Waals surface area (Å²) in [6.07, 6.45) is 5.45. The molecule has 2 fully saturated rings. The van der Waals surface area contributed by atoms with Gasteiger partial charge in [0.05, 0.1) is 11.9 Å². The first-order valence-electron chi connectivity index (χ1n) is 13.0. The van der Waals surface area contributed by atoms with Gasteiger partial charge in [0, 0.05) is 52.9 Å². The molecule has 0 bridgehead atoms. The van der Waals surface area contributed by atoms with Crippen LogP contribution in [0.1, 0.15) is 41.6 Å². The molecule has 1 aromatic heterocycles. The first-order chi connectivity index (χ1) is 18.9. The quantitative estimate of drug-likeness (QED) is 0.355. The SMILES string of the molecule is Nc1ncc(-c2ccc(C(=O)N3CCNCC3C(=O)OC3CCCC3)cc2)nc1NCc1c(Cl)cccc1Cl. The smallest absolute Gasteiger partial charge is 0.330 e. The molecule has 1 saturated carbocycles. The van der Waals surface area contributed by atoms with Crippen molar-refractivity contribution < 1.29 is 14.3 Å². The largest absolute Gasteiger partial charge is 0.461 e. The van der Waals surface area contributed by atoms with Gasteiger partial charge in [-0.1, -0.05) is 41.4 Å². The maximum Gasteiger partial charge on any atom is 0.330 e. The van der Waals surface area contributed by atoms with Crippen molar-refractivity contribution in [1.82, 2.24) is 20.2 Å². The molecule has 2 aromatic carbocycles. The van der Waals surface area contributed by atoms with Crippen molar-refractivity contribution in [2.75, 3.05) is 30.7 Å². The Kier molecular flexibility index (Phi) is 8.50. The lowest BCUT2D eigenvalue weighted by atomic mass is 10.1. The lowest BCUT2D eigenvalue weighted by molar-refractivity contribution is -0.154. The Bertz CT molecular complexity index is 1330. The van der Waals surface area contributed by atoms with E-state index in [2.05, 4.69) is 20.6 Å². The van der Waals surface area contributed by atoms with Crippen LogP contribution >= 0.6 is 23.2 Å². The van der Waals surface area contributed by atoms with Crippen LogP contribution in [0.3, 0.4) is 0 Å². The van der Waals surface area contributed by atoms with Crippen molar-refractivity contribution in [2.45, 2.75) is 44.4 Å². The van der Waals surface area contributed by atoms with Gasteiger partial charge in [-0.2, -0.15) is 0 Å². The summed E-state index contributed by atoms with van der Waals surface area (Å²) in [5.74, 6) is 0.0872. The Morgan fingerprint density at radius 3 is 2.54 bits per heavy atom. The van der Waals surface area contributed by atoms with E-state index in [9.17, 15) is 9.59 Å². The topological polar surface area (TPSA) is 122 Å². The molecule has 0 spiro atoms. The van der Waals surface area contributed by atoms with Gasteiger partial charge in [0.1, 0.15) is 12.1 Å². The van der Waals surface area contributed by atoms with Gasteiger partial charge in [0.25, 0.3) is 5.91 Å². The molecule has 204 valence electrons. The Balaban J connectivity index is 1.28. The van der Waals surface area contributed by atoms with Crippen molar-refractivity contribution in [3.63, 3.8) is 0 Å². The second-order valence-corrected chi connectivity index (χ2v) is 10.5. The third-order valence-corrected chi connectivity index (χ3v) is 7.79. The number of hydrogen-bond donors (Lipinski definition) is 3. The number of halogens is 2. The van der Waals surface area contributed by atoms with Gasteiger partial charge < -0.3 is 26.0 Å². The highest BCUT2D eigenvalue weighted by Gasteiger charge is 2.35. The zero-order valence-electron chi connectivity index (χ0n) is 21.3. The van der Waals surface area contributed by atoms with E-state index in [-0.39, 0.29) is 23.8 Å². The zero-order chi connectivity index (χ0) is 27.4. The molecule has 0 radical (unpaired) electrons. The van der Waals surface area contributed by atoms with E-state index in [1.165, 1.54) is 0 Å². The number of benzene rings is 2. The normalized spacial score (nSPS) is 17.7. The van der Waals surface area contributed by atoms with E-state index in [0.29, 0.717) is 53.3 Å². The van der Waals surface area contributed by atoms with Crippen molar-refractivity contribution in [1.29, 1.82) is 0 Å². The van der Waals surface area contributed by atoms with Crippen LogP contribution in [0.4, 0.5) is 11.6 Å². The molecule has 1 unspecified atom stereocenters. The third kappa shape index (κ3) is 6.27. The number of piperazine rings is 1. The van der Waals surface area contributed by atoms with Crippen LogP contribution in [-0.2, 0) is 16.1 Å². The van der Waals surface area contributed by atoms with E-state index >= 15 is 0 Å². The lowest BCUT2D eigenvalue weighted by Gasteiger charge is -2.35. The van der Waals surface area contributed by atoms with E-state index in [1.54, 1.807) is 53.6 Å². The van der Waals surface area contributed by atoms with E-state index < -0.39 is 6.04 Å². The average Bonchev–Trinajstić information content (AvgIpc) is 3.46. The summed E-state index contributed by atoms with van der Waals surface area (Å²) < 4.78 is 5.71. The number of carbonyl (C=O) groups is 2. The van der Waals surface area contributed by atoms with E-state index in [1.807, 2.05) is 0 Å². The van der Waals surface area contributed by atoms with Crippen LogP contribution in [0.15, 0.2) is 48.7 Å². The summed E-state index contributed by atoms with van der Waals surface area (Å²) in [6.45, 7) is 1.75. The molecule has 9 nitrogen and oxygen atoms in total. The monoisotopic (exact) mass is 568 g/mol. The molecule has 11 heteroatoms. The summed E-state index contributed by atoms with van der Waals surface area (Å²) in [5, 5.41) is 7.44. The number of nitrogens with zero attached hydrogens (tertiary/aromatic N) is 3. The van der Waals surface area contributed by atoms with Crippen LogP contribution in [0.25, 0.3) is 11.3 Å². The highest BCUT2D eigenvalue weighted by atomic mass is 35.5. The van der Waals surface area contributed by atoms with Gasteiger partial charge in [-0.25, -0.2) is 14.8 Å². The molecule has 3 aromatic rings. The maximum atomic E-state index is 13.4. The van der Waals surface area contributed by atoms with Crippen molar-refractivity contribution >= 4 is 46.7 Å². The molecule has 1 atom stereocenters. The zero-order valence-corrected chi connectivity index (χ0v) is 22.8. The minimum Gasteiger partial charge on any atom is -0.461 e. The molecule has 2 aliphatic rings. The number of carbonyl (C=O) groups excluding carboxylic acids is 2. The molecule has 1 aliphatic heterocycles. The van der Waals surface area contributed by atoms with Crippen LogP contribution in [-0.4, -0.2) is 58.5 Å². The molecule has 39 heavy (non-hydrogen) atoms. The van der Waals surface area contributed by atoms with Gasteiger partial charge in [-0.3, -0.25) is 4.79 Å². The predicted octanol–water partition coefficient (Wildman–Crippen LogP) is 4.54. The minimum absolute atomic E-state index is 0.0438. The number of rotatable bonds is 7. The Morgan fingerprint density at radius 1 is 1.10 bits per heavy atom. The van der Waals surface area contributed by atoms with Crippen molar-refractivity contribution in [2.24, 2.45) is 0 Å². The van der Waals surface area contributed by atoms with Crippen LogP contribution in [0.5, 0.6) is 0 Å². The van der Waals surface area contributed by atoms with E-state index in [0.717, 1.165) is 36.8 Å². The third-order valence-electron chi connectivity index (χ3n) is 7.08. The highest BCUT2D eigenvalue weighted by Crippen LogP contribution is 2.27. The molecular weight excluding hydrogens is 539 g/mol. The van der Waals surface area contributed by atoms with Gasteiger partial charge >= 0.3 is 5.97 Å². The number of amides is 1. The fraction of sp³-hybridized carbons (Fsp3) is 0.357. The molecule has 1 saturated heterocycles. The number of anilines is 2. The summed E-state index contributed by atoms with van der Waals surface area (Å²) in [6, 6.07) is 11.7. The minimum atomic E-state index is -0.644. The standard InChI is InChI=1S/C28H30Cl2N6O3/c29-21-6-3-7-22(30)20(21)14-34-26-25(31)33-15-23(35-26)17-8-10-18(11-9-17)27(37)36-13-12-32-16-24(36)28(38)39-19-4-1-2-5-19/h3,6-11,15,19,24,32H,1-2,4-5,12-14,16H2,(H2,31,33)(H,34,35). The van der Waals surface area contributed by atoms with Gasteiger partial charge in [0.15, 0.2) is 11.6 Å². The molecule has 1 amide bonds. The predicted molar refractivity (Wildman–Crippen MR) is 152 cm³/mol. The first kappa shape index (κ1) is 27.2. The number of hydrogen-bond acceptors (Lipinski definition) is 8. The van der Waals surface area contributed by atoms with Crippen molar-refractivity contribution in [3.8, 4) is 11.3 Å². The number of ether oxygens (including phenoxy) is 1.